The molecule has 108 valence electrons. The average molecular weight is 328 g/mol. The van der Waals surface area contributed by atoms with Crippen molar-refractivity contribution in [3.63, 3.8) is 0 Å². The molecule has 1 aromatic carbocycles. The van der Waals surface area contributed by atoms with Crippen molar-refractivity contribution < 1.29 is 5.11 Å². The van der Waals surface area contributed by atoms with Crippen LogP contribution in [0.4, 0.5) is 0 Å². The molecule has 1 N–H and O–H groups in total. The number of phenols is 1. The zero-order chi connectivity index (χ0) is 13.0. The Labute approximate surface area is 127 Å². The molecule has 0 fully saturated rings. The first-order valence-corrected chi connectivity index (χ1v) is 7.29. The minimum Gasteiger partial charge on any atom is -0.508 e. The summed E-state index contributed by atoms with van der Waals surface area (Å²) in [6.07, 6.45) is 5.96. The second-order valence-electron chi connectivity index (χ2n) is 5.39. The quantitative estimate of drug-likeness (QED) is 0.885. The largest absolute Gasteiger partial charge is 0.508 e. The second kappa shape index (κ2) is 7.91. The number of benzene rings is 1. The number of aromatic hydroxyl groups is 1. The molecule has 0 aliphatic heterocycles. The molecule has 0 saturated carbocycles. The monoisotopic (exact) mass is 327 g/mol. The molecule has 0 saturated heterocycles. The van der Waals surface area contributed by atoms with Gasteiger partial charge in [0, 0.05) is 6.04 Å². The van der Waals surface area contributed by atoms with Crippen molar-refractivity contribution in [2.75, 3.05) is 13.1 Å². The molecule has 3 heteroatoms. The Hall–Kier alpha value is -0.540. The van der Waals surface area contributed by atoms with E-state index in [4.69, 9.17) is 0 Å². The summed E-state index contributed by atoms with van der Waals surface area (Å²) < 4.78 is 0. The lowest BCUT2D eigenvalue weighted by Gasteiger charge is -2.35. The minimum atomic E-state index is 0. The van der Waals surface area contributed by atoms with Gasteiger partial charge in [-0.05, 0) is 68.5 Å². The van der Waals surface area contributed by atoms with Gasteiger partial charge < -0.3 is 10.0 Å². The lowest BCUT2D eigenvalue weighted by atomic mass is 9.87. The van der Waals surface area contributed by atoms with Gasteiger partial charge in [0.25, 0.3) is 0 Å². The molecule has 2 rings (SSSR count). The third-order valence-corrected chi connectivity index (χ3v) is 3.93. The van der Waals surface area contributed by atoms with Gasteiger partial charge in [-0.1, -0.05) is 19.9 Å². The molecule has 0 amide bonds. The van der Waals surface area contributed by atoms with Gasteiger partial charge in [0.2, 0.25) is 0 Å². The molecule has 1 aromatic rings. The van der Waals surface area contributed by atoms with Crippen LogP contribution < -0.4 is 0 Å². The van der Waals surface area contributed by atoms with Crippen molar-refractivity contribution in [2.45, 2.75) is 52.0 Å². The number of halogens is 1. The molecular weight excluding hydrogens is 302 g/mol. The van der Waals surface area contributed by atoms with Crippen LogP contribution in [0.2, 0.25) is 0 Å². The summed E-state index contributed by atoms with van der Waals surface area (Å²) in [6.45, 7) is 6.95. The minimum absolute atomic E-state index is 0. The van der Waals surface area contributed by atoms with Crippen LogP contribution in [0, 0.1) is 0 Å². The van der Waals surface area contributed by atoms with Gasteiger partial charge in [0.05, 0.1) is 0 Å². The highest BCUT2D eigenvalue weighted by molar-refractivity contribution is 8.93. The normalized spacial score (nSPS) is 17.9. The Morgan fingerprint density at radius 2 is 1.84 bits per heavy atom. The van der Waals surface area contributed by atoms with E-state index in [2.05, 4.69) is 24.8 Å². The smallest absolute Gasteiger partial charge is 0.115 e. The Balaban J connectivity index is 0.00000180. The van der Waals surface area contributed by atoms with Gasteiger partial charge in [-0.2, -0.15) is 0 Å². The zero-order valence-corrected chi connectivity index (χ0v) is 13.8. The first-order valence-electron chi connectivity index (χ1n) is 7.29. The summed E-state index contributed by atoms with van der Waals surface area (Å²) in [4.78, 5) is 2.65. The third-order valence-electron chi connectivity index (χ3n) is 3.93. The van der Waals surface area contributed by atoms with Crippen LogP contribution in [0.15, 0.2) is 18.2 Å². The Morgan fingerprint density at radius 3 is 2.47 bits per heavy atom. The van der Waals surface area contributed by atoms with Gasteiger partial charge in [-0.25, -0.2) is 0 Å². The summed E-state index contributed by atoms with van der Waals surface area (Å²) in [6, 6.07) is 6.56. The molecule has 0 radical (unpaired) electrons. The van der Waals surface area contributed by atoms with E-state index in [-0.39, 0.29) is 17.0 Å². The first kappa shape index (κ1) is 16.5. The molecule has 0 unspecified atom stereocenters. The summed E-state index contributed by atoms with van der Waals surface area (Å²) in [5.41, 5.74) is 2.78. The van der Waals surface area contributed by atoms with E-state index in [1.165, 1.54) is 43.5 Å². The standard InChI is InChI=1S/C16H25NO.BrH/c1-3-9-17(10-4-2)15-7-5-14-12-16(18)8-6-13(14)11-15;/h6,8,12,15,18H,3-5,7,9-11H2,1-2H3;1H/t15-;/m1./s1. The topological polar surface area (TPSA) is 23.5 Å². The van der Waals surface area contributed by atoms with E-state index in [1.807, 2.05) is 12.1 Å². The fourth-order valence-electron chi connectivity index (χ4n) is 3.09. The van der Waals surface area contributed by atoms with Crippen molar-refractivity contribution in [1.82, 2.24) is 4.90 Å². The van der Waals surface area contributed by atoms with Crippen molar-refractivity contribution >= 4 is 17.0 Å². The van der Waals surface area contributed by atoms with Crippen molar-refractivity contribution in [2.24, 2.45) is 0 Å². The van der Waals surface area contributed by atoms with Crippen molar-refractivity contribution in [3.8, 4) is 5.75 Å². The van der Waals surface area contributed by atoms with E-state index >= 15 is 0 Å². The Bertz CT molecular complexity index is 388. The van der Waals surface area contributed by atoms with Crippen LogP contribution in [0.25, 0.3) is 0 Å². The van der Waals surface area contributed by atoms with Gasteiger partial charge in [0.1, 0.15) is 5.75 Å². The maximum absolute atomic E-state index is 9.52. The Morgan fingerprint density at radius 1 is 1.16 bits per heavy atom. The van der Waals surface area contributed by atoms with Crippen LogP contribution in [-0.4, -0.2) is 29.1 Å². The van der Waals surface area contributed by atoms with Crippen molar-refractivity contribution in [3.05, 3.63) is 29.3 Å². The summed E-state index contributed by atoms with van der Waals surface area (Å²) >= 11 is 0. The molecule has 2 nitrogen and oxygen atoms in total. The number of nitrogens with zero attached hydrogens (tertiary/aromatic N) is 1. The second-order valence-corrected chi connectivity index (χ2v) is 5.39. The predicted octanol–water partition coefficient (Wildman–Crippen LogP) is 3.95. The number of hydrogen-bond acceptors (Lipinski definition) is 2. The molecule has 19 heavy (non-hydrogen) atoms. The lowest BCUT2D eigenvalue weighted by Crippen LogP contribution is -2.40. The van der Waals surface area contributed by atoms with E-state index in [0.29, 0.717) is 11.8 Å². The molecule has 0 bridgehead atoms. The summed E-state index contributed by atoms with van der Waals surface area (Å²) in [5.74, 6) is 0.408. The van der Waals surface area contributed by atoms with Crippen molar-refractivity contribution in [1.29, 1.82) is 0 Å². The van der Waals surface area contributed by atoms with Crippen LogP contribution in [-0.2, 0) is 12.8 Å². The number of hydrogen-bond donors (Lipinski definition) is 1. The maximum atomic E-state index is 9.52. The van der Waals surface area contributed by atoms with E-state index in [9.17, 15) is 5.11 Å². The maximum Gasteiger partial charge on any atom is 0.115 e. The molecule has 0 spiro atoms. The first-order chi connectivity index (χ1) is 8.74. The number of aryl methyl sites for hydroxylation is 1. The SMILES string of the molecule is Br.CCCN(CCC)[C@@H]1CCc2cc(O)ccc2C1. The summed E-state index contributed by atoms with van der Waals surface area (Å²) in [5, 5.41) is 9.52. The van der Waals surface area contributed by atoms with Gasteiger partial charge in [0.15, 0.2) is 0 Å². The molecule has 1 aliphatic carbocycles. The third kappa shape index (κ3) is 4.22. The molecule has 1 aliphatic rings. The predicted molar refractivity (Wildman–Crippen MR) is 86.4 cm³/mol. The zero-order valence-electron chi connectivity index (χ0n) is 12.1. The van der Waals surface area contributed by atoms with Crippen LogP contribution in [0.1, 0.15) is 44.2 Å². The van der Waals surface area contributed by atoms with E-state index < -0.39 is 0 Å². The highest BCUT2D eigenvalue weighted by atomic mass is 79.9. The highest BCUT2D eigenvalue weighted by Gasteiger charge is 2.23. The highest BCUT2D eigenvalue weighted by Crippen LogP contribution is 2.27. The fourth-order valence-corrected chi connectivity index (χ4v) is 3.09. The lowest BCUT2D eigenvalue weighted by molar-refractivity contribution is 0.180. The number of fused-ring (bicyclic) bond motifs is 1. The molecule has 0 aromatic heterocycles. The molecule has 1 atom stereocenters. The van der Waals surface area contributed by atoms with Gasteiger partial charge >= 0.3 is 0 Å². The fraction of sp³-hybridized carbons (Fsp3) is 0.625. The van der Waals surface area contributed by atoms with E-state index in [1.54, 1.807) is 0 Å². The van der Waals surface area contributed by atoms with Gasteiger partial charge in [-0.15, -0.1) is 17.0 Å². The average Bonchev–Trinajstić information content (AvgIpc) is 2.38. The number of rotatable bonds is 5. The van der Waals surface area contributed by atoms with Gasteiger partial charge in [-0.3, -0.25) is 0 Å². The van der Waals surface area contributed by atoms with Crippen LogP contribution in [0.5, 0.6) is 5.75 Å². The summed E-state index contributed by atoms with van der Waals surface area (Å²) in [7, 11) is 0. The van der Waals surface area contributed by atoms with Crippen LogP contribution in [0.3, 0.4) is 0 Å². The van der Waals surface area contributed by atoms with Crippen LogP contribution >= 0.6 is 17.0 Å². The molecular formula is C16H26BrNO. The Kier molecular flexibility index (Phi) is 6.87. The number of phenolic OH excluding ortho intramolecular Hbond substituents is 1. The molecule has 0 heterocycles. The van der Waals surface area contributed by atoms with E-state index in [0.717, 1.165) is 12.8 Å².